The van der Waals surface area contributed by atoms with Crippen molar-refractivity contribution in [2.24, 2.45) is 0 Å². The SMILES string of the molecule is c1ccc(-n2c3cc4ccccc4cc3c3c(-c4cccc(N(c5ccc(-c6ccc(-c7cccc8ccccc78)cc6)cc5)c5ccc6c(ccc7ccccc76)c5)c4)cccc32)cc1. The number of benzene rings is 12. The molecule has 0 spiro atoms. The molecule has 12 aromatic carbocycles. The highest BCUT2D eigenvalue weighted by Gasteiger charge is 2.20. The van der Waals surface area contributed by atoms with Gasteiger partial charge in [-0.15, -0.1) is 0 Å². The van der Waals surface area contributed by atoms with Gasteiger partial charge in [0.05, 0.1) is 11.0 Å². The van der Waals surface area contributed by atoms with Gasteiger partial charge in [-0.25, -0.2) is 0 Å². The normalized spacial score (nSPS) is 11.6. The lowest BCUT2D eigenvalue weighted by Gasteiger charge is -2.27. The Morgan fingerprint density at radius 3 is 1.62 bits per heavy atom. The Bertz CT molecular complexity index is 3970. The summed E-state index contributed by atoms with van der Waals surface area (Å²) in [5.41, 5.74) is 14.0. The predicted molar refractivity (Wildman–Crippen MR) is 282 cm³/mol. The van der Waals surface area contributed by atoms with Crippen LogP contribution in [-0.2, 0) is 0 Å². The number of rotatable bonds is 7. The fraction of sp³-hybridized carbons (Fsp3) is 0. The highest BCUT2D eigenvalue weighted by atomic mass is 15.1. The third-order valence-electron chi connectivity index (χ3n) is 13.5. The van der Waals surface area contributed by atoms with Crippen molar-refractivity contribution < 1.29 is 0 Å². The van der Waals surface area contributed by atoms with Gasteiger partial charge in [0.1, 0.15) is 0 Å². The van der Waals surface area contributed by atoms with E-state index in [9.17, 15) is 0 Å². The van der Waals surface area contributed by atoms with Gasteiger partial charge >= 0.3 is 0 Å². The first kappa shape index (κ1) is 37.8. The predicted octanol–water partition coefficient (Wildman–Crippen LogP) is 17.9. The molecule has 0 amide bonds. The molecule has 13 aromatic rings. The van der Waals surface area contributed by atoms with E-state index in [1.165, 1.54) is 92.7 Å². The summed E-state index contributed by atoms with van der Waals surface area (Å²) in [5, 5.41) is 12.5. The highest BCUT2D eigenvalue weighted by Crippen LogP contribution is 2.44. The van der Waals surface area contributed by atoms with Crippen LogP contribution >= 0.6 is 0 Å². The number of hydrogen-bond acceptors (Lipinski definition) is 1. The van der Waals surface area contributed by atoms with Gasteiger partial charge in [-0.3, -0.25) is 0 Å². The molecule has 0 fully saturated rings. The van der Waals surface area contributed by atoms with Gasteiger partial charge in [0.2, 0.25) is 0 Å². The van der Waals surface area contributed by atoms with Crippen LogP contribution in [0.3, 0.4) is 0 Å². The Morgan fingerprint density at radius 1 is 0.258 bits per heavy atom. The second-order valence-electron chi connectivity index (χ2n) is 17.3. The van der Waals surface area contributed by atoms with Crippen LogP contribution in [0.25, 0.3) is 104 Å². The third kappa shape index (κ3) is 6.34. The van der Waals surface area contributed by atoms with Gasteiger partial charge in [-0.2, -0.15) is 0 Å². The molecule has 0 radical (unpaired) electrons. The van der Waals surface area contributed by atoms with Crippen molar-refractivity contribution in [1.29, 1.82) is 0 Å². The highest BCUT2D eigenvalue weighted by molar-refractivity contribution is 6.19. The fourth-order valence-corrected chi connectivity index (χ4v) is 10.4. The first-order valence-corrected chi connectivity index (χ1v) is 22.7. The molecule has 0 atom stereocenters. The molecular formula is C64H42N2. The van der Waals surface area contributed by atoms with Crippen molar-refractivity contribution >= 4 is 82.0 Å². The minimum atomic E-state index is 1.09. The maximum absolute atomic E-state index is 2.42. The molecule has 0 bridgehead atoms. The number of nitrogens with zero attached hydrogens (tertiary/aromatic N) is 2. The lowest BCUT2D eigenvalue weighted by molar-refractivity contribution is 1.18. The molecule has 0 unspecified atom stereocenters. The summed E-state index contributed by atoms with van der Waals surface area (Å²) in [7, 11) is 0. The molecule has 1 heterocycles. The number of anilines is 3. The van der Waals surface area contributed by atoms with Gasteiger partial charge in [-0.1, -0.05) is 188 Å². The summed E-state index contributed by atoms with van der Waals surface area (Å²) in [6.07, 6.45) is 0. The number of para-hydroxylation sites is 1. The Balaban J connectivity index is 0.948. The van der Waals surface area contributed by atoms with Crippen molar-refractivity contribution in [2.75, 3.05) is 4.90 Å². The van der Waals surface area contributed by atoms with Crippen molar-refractivity contribution in [3.8, 4) is 39.1 Å². The second-order valence-corrected chi connectivity index (χ2v) is 17.3. The zero-order valence-corrected chi connectivity index (χ0v) is 36.1. The minimum Gasteiger partial charge on any atom is -0.310 e. The third-order valence-corrected chi connectivity index (χ3v) is 13.5. The van der Waals surface area contributed by atoms with E-state index in [4.69, 9.17) is 0 Å². The second kappa shape index (κ2) is 15.5. The molecule has 2 nitrogen and oxygen atoms in total. The van der Waals surface area contributed by atoms with Crippen LogP contribution < -0.4 is 4.90 Å². The summed E-state index contributed by atoms with van der Waals surface area (Å²) >= 11 is 0. The summed E-state index contributed by atoms with van der Waals surface area (Å²) in [6.45, 7) is 0. The zero-order valence-electron chi connectivity index (χ0n) is 36.1. The fourth-order valence-electron chi connectivity index (χ4n) is 10.4. The average Bonchev–Trinajstić information content (AvgIpc) is 3.71. The van der Waals surface area contributed by atoms with Crippen molar-refractivity contribution in [2.45, 2.75) is 0 Å². The first-order valence-electron chi connectivity index (χ1n) is 22.7. The molecule has 2 heteroatoms. The number of aromatic nitrogens is 1. The standard InChI is InChI=1S/C64H42N2/c1-2-19-52(20-3-1)66-62-26-12-25-60(64(62)61-41-48-15-4-5-16-49(48)42-63(61)66)50-18-10-21-54(39-50)65(55-37-38-59-51(40-55)32-31-46-14-7-9-23-57(46)59)53-35-33-44(34-36-53)43-27-29-47(30-28-43)58-24-11-17-45-13-6-8-22-56(45)58/h1-42H. The van der Waals surface area contributed by atoms with Crippen molar-refractivity contribution in [3.63, 3.8) is 0 Å². The zero-order chi connectivity index (χ0) is 43.6. The van der Waals surface area contributed by atoms with Gasteiger partial charge < -0.3 is 9.47 Å². The molecule has 1 aromatic heterocycles. The van der Waals surface area contributed by atoms with Crippen LogP contribution in [0.2, 0.25) is 0 Å². The largest absolute Gasteiger partial charge is 0.310 e. The van der Waals surface area contributed by atoms with Crippen LogP contribution in [0.4, 0.5) is 17.1 Å². The maximum atomic E-state index is 2.42. The number of hydrogen-bond donors (Lipinski definition) is 0. The summed E-state index contributed by atoms with van der Waals surface area (Å²) in [4.78, 5) is 2.41. The van der Waals surface area contributed by atoms with Crippen molar-refractivity contribution in [1.82, 2.24) is 4.57 Å². The smallest absolute Gasteiger partial charge is 0.0547 e. The van der Waals surface area contributed by atoms with E-state index in [-0.39, 0.29) is 0 Å². The van der Waals surface area contributed by atoms with Crippen LogP contribution in [0, 0.1) is 0 Å². The summed E-state index contributed by atoms with van der Waals surface area (Å²) in [5.74, 6) is 0. The molecule has 0 saturated heterocycles. The topological polar surface area (TPSA) is 8.17 Å². The molecule has 0 saturated carbocycles. The Morgan fingerprint density at radius 2 is 0.818 bits per heavy atom. The monoisotopic (exact) mass is 838 g/mol. The lowest BCUT2D eigenvalue weighted by atomic mass is 9.96. The lowest BCUT2D eigenvalue weighted by Crippen LogP contribution is -2.10. The van der Waals surface area contributed by atoms with E-state index < -0.39 is 0 Å². The Kier molecular flexibility index (Phi) is 8.89. The van der Waals surface area contributed by atoms with Crippen LogP contribution in [-0.4, -0.2) is 4.57 Å². The minimum absolute atomic E-state index is 1.09. The Labute approximate surface area is 383 Å². The van der Waals surface area contributed by atoms with Gasteiger partial charge in [0.25, 0.3) is 0 Å². The summed E-state index contributed by atoms with van der Waals surface area (Å²) < 4.78 is 2.42. The van der Waals surface area contributed by atoms with E-state index in [1.54, 1.807) is 0 Å². The van der Waals surface area contributed by atoms with E-state index in [1.807, 2.05) is 0 Å². The molecular weight excluding hydrogens is 797 g/mol. The van der Waals surface area contributed by atoms with E-state index >= 15 is 0 Å². The van der Waals surface area contributed by atoms with Crippen LogP contribution in [0.15, 0.2) is 255 Å². The van der Waals surface area contributed by atoms with Gasteiger partial charge in [-0.05, 0) is 143 Å². The first-order chi connectivity index (χ1) is 32.7. The quantitative estimate of drug-likeness (QED) is 0.145. The van der Waals surface area contributed by atoms with Gasteiger partial charge in [0.15, 0.2) is 0 Å². The molecule has 0 aliphatic carbocycles. The summed E-state index contributed by atoms with van der Waals surface area (Å²) in [6, 6.07) is 93.3. The maximum Gasteiger partial charge on any atom is 0.0547 e. The van der Waals surface area contributed by atoms with E-state index in [0.717, 1.165) is 28.3 Å². The Hall–Kier alpha value is -8.72. The molecule has 66 heavy (non-hydrogen) atoms. The molecule has 0 N–H and O–H groups in total. The molecule has 13 rings (SSSR count). The molecule has 308 valence electrons. The molecule has 0 aliphatic rings. The van der Waals surface area contributed by atoms with Crippen LogP contribution in [0.5, 0.6) is 0 Å². The number of fused-ring (bicyclic) bond motifs is 8. The molecule has 0 aliphatic heterocycles. The van der Waals surface area contributed by atoms with Crippen LogP contribution in [0.1, 0.15) is 0 Å². The van der Waals surface area contributed by atoms with Crippen molar-refractivity contribution in [3.05, 3.63) is 255 Å². The van der Waals surface area contributed by atoms with E-state index in [2.05, 4.69) is 264 Å². The van der Waals surface area contributed by atoms with Gasteiger partial charge in [0, 0.05) is 33.5 Å². The average molecular weight is 839 g/mol. The van der Waals surface area contributed by atoms with E-state index in [0.29, 0.717) is 0 Å².